The van der Waals surface area contributed by atoms with Crippen LogP contribution in [0, 0.1) is 0 Å². The molecule has 0 spiro atoms. The summed E-state index contributed by atoms with van der Waals surface area (Å²) in [6, 6.07) is 0. The molecule has 2 heterocycles. The van der Waals surface area contributed by atoms with E-state index in [2.05, 4.69) is 36.1 Å². The molecule has 0 fully saturated rings. The number of thiazole rings is 1. The van der Waals surface area contributed by atoms with Gasteiger partial charge >= 0.3 is 0 Å². The van der Waals surface area contributed by atoms with Crippen molar-refractivity contribution in [2.75, 3.05) is 0 Å². The zero-order valence-electron chi connectivity index (χ0n) is 9.65. The zero-order chi connectivity index (χ0) is 11.6. The van der Waals surface area contributed by atoms with Gasteiger partial charge in [0.25, 0.3) is 0 Å². The second kappa shape index (κ2) is 4.35. The van der Waals surface area contributed by atoms with Crippen LogP contribution in [0.3, 0.4) is 0 Å². The second-order valence-electron chi connectivity index (χ2n) is 4.61. The molecule has 5 heteroatoms. The third-order valence-corrected chi connectivity index (χ3v) is 2.76. The minimum Gasteiger partial charge on any atom is -0.443 e. The smallest absolute Gasteiger partial charge is 0.238 e. The summed E-state index contributed by atoms with van der Waals surface area (Å²) in [6.45, 7) is 7.08. The molecule has 1 N–H and O–H groups in total. The molecule has 0 aromatic carbocycles. The van der Waals surface area contributed by atoms with Crippen LogP contribution in [0.5, 0.6) is 0 Å². The molecule has 0 radical (unpaired) electrons. The number of hydrogen-bond acceptors (Lipinski definition) is 5. The van der Waals surface area contributed by atoms with Gasteiger partial charge in [-0.05, 0) is 20.8 Å². The lowest BCUT2D eigenvalue weighted by atomic mass is 10.1. The lowest BCUT2D eigenvalue weighted by Crippen LogP contribution is -2.35. The van der Waals surface area contributed by atoms with E-state index in [-0.39, 0.29) is 5.54 Å². The van der Waals surface area contributed by atoms with Gasteiger partial charge in [-0.15, -0.1) is 11.3 Å². The number of hydrogen-bond donors (Lipinski definition) is 1. The van der Waals surface area contributed by atoms with Gasteiger partial charge < -0.3 is 9.73 Å². The van der Waals surface area contributed by atoms with Crippen molar-refractivity contribution in [2.45, 2.75) is 32.9 Å². The molecule has 0 aliphatic heterocycles. The molecular formula is C11H15N3OS. The molecule has 0 unspecified atom stereocenters. The van der Waals surface area contributed by atoms with E-state index >= 15 is 0 Å². The summed E-state index contributed by atoms with van der Waals surface area (Å²) in [6.07, 6.45) is 3.45. The lowest BCUT2D eigenvalue weighted by Gasteiger charge is -2.19. The highest BCUT2D eigenvalue weighted by Gasteiger charge is 2.12. The Balaban J connectivity index is 2.03. The average molecular weight is 237 g/mol. The summed E-state index contributed by atoms with van der Waals surface area (Å²) >= 11 is 1.53. The first-order valence-electron chi connectivity index (χ1n) is 5.13. The quantitative estimate of drug-likeness (QED) is 0.891. The minimum absolute atomic E-state index is 0.0869. The maximum absolute atomic E-state index is 5.39. The summed E-state index contributed by atoms with van der Waals surface area (Å²) in [7, 11) is 0. The molecule has 2 rings (SSSR count). The maximum Gasteiger partial charge on any atom is 0.238 e. The summed E-state index contributed by atoms with van der Waals surface area (Å²) in [4.78, 5) is 9.35. The van der Waals surface area contributed by atoms with Gasteiger partial charge in [0, 0.05) is 12.1 Å². The Morgan fingerprint density at radius 2 is 2.25 bits per heavy atom. The van der Waals surface area contributed by atoms with Gasteiger partial charge in [-0.25, -0.2) is 4.98 Å². The van der Waals surface area contributed by atoms with E-state index in [1.807, 2.05) is 0 Å². The third-order valence-electron chi connectivity index (χ3n) is 1.99. The second-order valence-corrected chi connectivity index (χ2v) is 5.50. The van der Waals surface area contributed by atoms with Crippen LogP contribution in [-0.4, -0.2) is 15.5 Å². The molecule has 0 amide bonds. The van der Waals surface area contributed by atoms with Crippen molar-refractivity contribution in [1.29, 1.82) is 0 Å². The molecule has 2 aromatic rings. The van der Waals surface area contributed by atoms with Crippen LogP contribution in [0.2, 0.25) is 0 Å². The van der Waals surface area contributed by atoms with Gasteiger partial charge in [-0.1, -0.05) is 0 Å². The normalized spacial score (nSPS) is 11.9. The number of nitrogens with zero attached hydrogens (tertiary/aromatic N) is 2. The van der Waals surface area contributed by atoms with Gasteiger partial charge in [0.15, 0.2) is 0 Å². The fourth-order valence-corrected chi connectivity index (χ4v) is 1.73. The first kappa shape index (κ1) is 11.3. The van der Waals surface area contributed by atoms with Crippen molar-refractivity contribution in [2.24, 2.45) is 0 Å². The van der Waals surface area contributed by atoms with Crippen molar-refractivity contribution < 1.29 is 4.42 Å². The van der Waals surface area contributed by atoms with Crippen LogP contribution < -0.4 is 5.32 Å². The van der Waals surface area contributed by atoms with Gasteiger partial charge in [0.05, 0.1) is 17.4 Å². The number of nitrogens with one attached hydrogen (secondary N) is 1. The average Bonchev–Trinajstić information content (AvgIpc) is 2.84. The van der Waals surface area contributed by atoms with E-state index in [9.17, 15) is 0 Å². The predicted octanol–water partition coefficient (Wildman–Crippen LogP) is 2.69. The maximum atomic E-state index is 5.39. The van der Waals surface area contributed by atoms with Crippen LogP contribution in [0.25, 0.3) is 10.8 Å². The Morgan fingerprint density at radius 1 is 1.44 bits per heavy atom. The first-order chi connectivity index (χ1) is 7.54. The Morgan fingerprint density at radius 3 is 2.88 bits per heavy atom. The molecule has 2 aromatic heterocycles. The van der Waals surface area contributed by atoms with Crippen LogP contribution in [0.4, 0.5) is 0 Å². The Labute approximate surface area is 98.7 Å². The Bertz CT molecular complexity index is 442. The van der Waals surface area contributed by atoms with Crippen molar-refractivity contribution in [3.05, 3.63) is 23.7 Å². The Kier molecular flexibility index (Phi) is 3.07. The highest BCUT2D eigenvalue weighted by atomic mass is 32.1. The molecule has 16 heavy (non-hydrogen) atoms. The SMILES string of the molecule is CC(C)(C)NCc1coc(-c2cncs2)n1. The molecule has 0 atom stereocenters. The predicted molar refractivity (Wildman–Crippen MR) is 64.2 cm³/mol. The third kappa shape index (κ3) is 2.90. The van der Waals surface area contributed by atoms with Crippen LogP contribution >= 0.6 is 11.3 Å². The van der Waals surface area contributed by atoms with Crippen molar-refractivity contribution >= 4 is 11.3 Å². The molecular weight excluding hydrogens is 222 g/mol. The van der Waals surface area contributed by atoms with Crippen LogP contribution in [0.1, 0.15) is 26.5 Å². The van der Waals surface area contributed by atoms with E-state index in [0.29, 0.717) is 12.4 Å². The van der Waals surface area contributed by atoms with Gasteiger partial charge in [-0.2, -0.15) is 0 Å². The van der Waals surface area contributed by atoms with E-state index in [0.717, 1.165) is 10.6 Å². The van der Waals surface area contributed by atoms with E-state index in [1.54, 1.807) is 18.0 Å². The number of rotatable bonds is 3. The van der Waals surface area contributed by atoms with Crippen molar-refractivity contribution in [3.8, 4) is 10.8 Å². The summed E-state index contributed by atoms with van der Waals surface area (Å²) < 4.78 is 5.39. The van der Waals surface area contributed by atoms with Crippen molar-refractivity contribution in [1.82, 2.24) is 15.3 Å². The fraction of sp³-hybridized carbons (Fsp3) is 0.455. The minimum atomic E-state index is 0.0869. The van der Waals surface area contributed by atoms with Crippen molar-refractivity contribution in [3.63, 3.8) is 0 Å². The summed E-state index contributed by atoms with van der Waals surface area (Å²) in [5, 5.41) is 3.36. The van der Waals surface area contributed by atoms with Crippen LogP contribution in [0.15, 0.2) is 22.4 Å². The molecule has 4 nitrogen and oxygen atoms in total. The van der Waals surface area contributed by atoms with E-state index in [1.165, 1.54) is 11.3 Å². The number of oxazole rings is 1. The molecule has 0 aliphatic carbocycles. The van der Waals surface area contributed by atoms with Crippen LogP contribution in [-0.2, 0) is 6.54 Å². The standard InChI is InChI=1S/C11H15N3OS/c1-11(2,3)13-4-8-6-15-10(14-8)9-5-12-7-16-9/h5-7,13H,4H2,1-3H3. The molecule has 0 aliphatic rings. The topological polar surface area (TPSA) is 51.0 Å². The summed E-state index contributed by atoms with van der Waals surface area (Å²) in [5.41, 5.74) is 2.77. The fourth-order valence-electron chi connectivity index (χ4n) is 1.18. The molecule has 0 saturated heterocycles. The Hall–Kier alpha value is -1.20. The zero-order valence-corrected chi connectivity index (χ0v) is 10.5. The molecule has 0 bridgehead atoms. The molecule has 86 valence electrons. The van der Waals surface area contributed by atoms with Gasteiger partial charge in [0.2, 0.25) is 5.89 Å². The highest BCUT2D eigenvalue weighted by molar-refractivity contribution is 7.13. The highest BCUT2D eigenvalue weighted by Crippen LogP contribution is 2.22. The monoisotopic (exact) mass is 237 g/mol. The largest absolute Gasteiger partial charge is 0.443 e. The summed E-state index contributed by atoms with van der Waals surface area (Å²) in [5.74, 6) is 0.646. The van der Waals surface area contributed by atoms with E-state index in [4.69, 9.17) is 4.42 Å². The van der Waals surface area contributed by atoms with E-state index < -0.39 is 0 Å². The molecule has 0 saturated carbocycles. The lowest BCUT2D eigenvalue weighted by molar-refractivity contribution is 0.421. The number of aromatic nitrogens is 2. The van der Waals surface area contributed by atoms with Gasteiger partial charge in [0.1, 0.15) is 11.1 Å². The first-order valence-corrected chi connectivity index (χ1v) is 6.01. The van der Waals surface area contributed by atoms with Gasteiger partial charge in [-0.3, -0.25) is 4.98 Å².